The molecule has 0 aliphatic heterocycles. The molecular weight excluding hydrogens is 320 g/mol. The monoisotopic (exact) mass is 334 g/mol. The highest BCUT2D eigenvalue weighted by molar-refractivity contribution is 9.10. The maximum Gasteiger partial charge on any atom is 0.255 e. The summed E-state index contributed by atoms with van der Waals surface area (Å²) < 4.78 is 6.03. The van der Waals surface area contributed by atoms with E-state index in [2.05, 4.69) is 21.2 Å². The highest BCUT2D eigenvalue weighted by atomic mass is 79.9. The lowest BCUT2D eigenvalue weighted by molar-refractivity contribution is 0.102. The molecule has 1 amide bonds. The summed E-state index contributed by atoms with van der Waals surface area (Å²) in [5.74, 6) is 0.352. The van der Waals surface area contributed by atoms with Crippen LogP contribution in [0, 0.1) is 6.92 Å². The molecule has 2 aromatic rings. The van der Waals surface area contributed by atoms with Gasteiger partial charge in [-0.05, 0) is 36.8 Å². The molecule has 20 heavy (non-hydrogen) atoms. The van der Waals surface area contributed by atoms with Crippen LogP contribution in [0.1, 0.15) is 15.9 Å². The lowest BCUT2D eigenvalue weighted by atomic mass is 10.1. The van der Waals surface area contributed by atoms with Crippen molar-refractivity contribution in [2.45, 2.75) is 6.92 Å². The summed E-state index contributed by atoms with van der Waals surface area (Å²) in [7, 11) is 1.54. The first-order chi connectivity index (χ1) is 9.51. The van der Waals surface area contributed by atoms with Crippen LogP contribution in [0.15, 0.2) is 40.9 Å². The Morgan fingerprint density at radius 1 is 1.25 bits per heavy atom. The van der Waals surface area contributed by atoms with E-state index in [4.69, 9.17) is 10.5 Å². The Morgan fingerprint density at radius 3 is 2.65 bits per heavy atom. The van der Waals surface area contributed by atoms with Crippen molar-refractivity contribution in [1.82, 2.24) is 0 Å². The largest absolute Gasteiger partial charge is 0.495 e. The van der Waals surface area contributed by atoms with Crippen molar-refractivity contribution in [3.8, 4) is 5.75 Å². The van der Waals surface area contributed by atoms with Crippen LogP contribution in [0.25, 0.3) is 0 Å². The van der Waals surface area contributed by atoms with Gasteiger partial charge in [-0.25, -0.2) is 0 Å². The third kappa shape index (κ3) is 3.11. The van der Waals surface area contributed by atoms with Gasteiger partial charge >= 0.3 is 0 Å². The Balaban J connectivity index is 2.21. The minimum absolute atomic E-state index is 0.183. The Morgan fingerprint density at radius 2 is 2.00 bits per heavy atom. The summed E-state index contributed by atoms with van der Waals surface area (Å²) in [6.07, 6.45) is 0. The van der Waals surface area contributed by atoms with Gasteiger partial charge in [-0.3, -0.25) is 4.79 Å². The van der Waals surface area contributed by atoms with E-state index in [0.29, 0.717) is 22.7 Å². The number of amides is 1. The number of anilines is 2. The second kappa shape index (κ2) is 5.96. The zero-order valence-corrected chi connectivity index (χ0v) is 12.8. The molecule has 0 aromatic heterocycles. The summed E-state index contributed by atoms with van der Waals surface area (Å²) in [5.41, 5.74) is 8.56. The van der Waals surface area contributed by atoms with E-state index < -0.39 is 0 Å². The summed E-state index contributed by atoms with van der Waals surface area (Å²) in [5, 5.41) is 2.81. The molecule has 0 fully saturated rings. The Labute approximate surface area is 126 Å². The van der Waals surface area contributed by atoms with Crippen molar-refractivity contribution in [2.24, 2.45) is 0 Å². The Hall–Kier alpha value is -2.01. The number of aryl methyl sites for hydroxylation is 1. The van der Waals surface area contributed by atoms with Crippen LogP contribution < -0.4 is 15.8 Å². The first kappa shape index (κ1) is 14.4. The fourth-order valence-corrected chi connectivity index (χ4v) is 2.11. The standard InChI is InChI=1S/C15H15BrN2O2/c1-9-3-4-10(7-12(9)16)15(19)18-11-5-6-13(17)14(8-11)20-2/h3-8H,17H2,1-2H3,(H,18,19). The van der Waals surface area contributed by atoms with Gasteiger partial charge in [0.2, 0.25) is 0 Å². The molecule has 0 unspecified atom stereocenters. The molecule has 0 aliphatic carbocycles. The van der Waals surface area contributed by atoms with Crippen LogP contribution >= 0.6 is 15.9 Å². The van der Waals surface area contributed by atoms with Gasteiger partial charge in [0.1, 0.15) is 5.75 Å². The van der Waals surface area contributed by atoms with Crippen molar-refractivity contribution in [2.75, 3.05) is 18.2 Å². The SMILES string of the molecule is COc1cc(NC(=O)c2ccc(C)c(Br)c2)ccc1N. The maximum absolute atomic E-state index is 12.2. The molecule has 0 saturated carbocycles. The normalized spacial score (nSPS) is 10.2. The highest BCUT2D eigenvalue weighted by Gasteiger charge is 2.09. The molecule has 4 nitrogen and oxygen atoms in total. The van der Waals surface area contributed by atoms with Gasteiger partial charge in [-0.1, -0.05) is 22.0 Å². The number of rotatable bonds is 3. The van der Waals surface area contributed by atoms with Gasteiger partial charge < -0.3 is 15.8 Å². The van der Waals surface area contributed by atoms with E-state index >= 15 is 0 Å². The van der Waals surface area contributed by atoms with Crippen molar-refractivity contribution in [3.05, 3.63) is 52.0 Å². The molecule has 5 heteroatoms. The van der Waals surface area contributed by atoms with Crippen molar-refractivity contribution < 1.29 is 9.53 Å². The first-order valence-electron chi connectivity index (χ1n) is 6.02. The van der Waals surface area contributed by atoms with Gasteiger partial charge in [0.25, 0.3) is 5.91 Å². The third-order valence-electron chi connectivity index (χ3n) is 2.93. The molecule has 2 rings (SSSR count). The molecule has 0 bridgehead atoms. The lowest BCUT2D eigenvalue weighted by Crippen LogP contribution is -2.12. The average molecular weight is 335 g/mol. The molecule has 0 spiro atoms. The smallest absolute Gasteiger partial charge is 0.255 e. The maximum atomic E-state index is 12.2. The number of nitrogens with two attached hydrogens (primary N) is 1. The number of nitrogens with one attached hydrogen (secondary N) is 1. The van der Waals surface area contributed by atoms with Gasteiger partial charge in [0, 0.05) is 21.8 Å². The van der Waals surface area contributed by atoms with Crippen molar-refractivity contribution in [3.63, 3.8) is 0 Å². The van der Waals surface area contributed by atoms with Crippen LogP contribution in [0.2, 0.25) is 0 Å². The number of hydrogen-bond acceptors (Lipinski definition) is 3. The number of carbonyl (C=O) groups is 1. The van der Waals surface area contributed by atoms with Gasteiger partial charge in [-0.15, -0.1) is 0 Å². The van der Waals surface area contributed by atoms with E-state index in [1.54, 1.807) is 30.3 Å². The zero-order chi connectivity index (χ0) is 14.7. The predicted molar refractivity (Wildman–Crippen MR) is 84.2 cm³/mol. The fourth-order valence-electron chi connectivity index (χ4n) is 1.73. The highest BCUT2D eigenvalue weighted by Crippen LogP contribution is 2.25. The van der Waals surface area contributed by atoms with Gasteiger partial charge in [0.05, 0.1) is 12.8 Å². The van der Waals surface area contributed by atoms with Crippen LogP contribution in [0.4, 0.5) is 11.4 Å². The third-order valence-corrected chi connectivity index (χ3v) is 3.78. The van der Waals surface area contributed by atoms with Crippen molar-refractivity contribution >= 4 is 33.2 Å². The van der Waals surface area contributed by atoms with Crippen molar-refractivity contribution in [1.29, 1.82) is 0 Å². The fraction of sp³-hybridized carbons (Fsp3) is 0.133. The average Bonchev–Trinajstić information content (AvgIpc) is 2.43. The summed E-state index contributed by atoms with van der Waals surface area (Å²) in [4.78, 5) is 12.2. The number of ether oxygens (including phenoxy) is 1. The van der Waals surface area contributed by atoms with Crippen LogP contribution in [0.3, 0.4) is 0 Å². The second-order valence-corrected chi connectivity index (χ2v) is 5.23. The number of halogens is 1. The zero-order valence-electron chi connectivity index (χ0n) is 11.2. The minimum Gasteiger partial charge on any atom is -0.495 e. The van der Waals surface area contributed by atoms with Crippen LogP contribution in [-0.4, -0.2) is 13.0 Å². The molecular formula is C15H15BrN2O2. The molecule has 0 saturated heterocycles. The second-order valence-electron chi connectivity index (χ2n) is 4.37. The first-order valence-corrected chi connectivity index (χ1v) is 6.81. The lowest BCUT2D eigenvalue weighted by Gasteiger charge is -2.09. The van der Waals surface area contributed by atoms with E-state index in [-0.39, 0.29) is 5.91 Å². The minimum atomic E-state index is -0.183. The topological polar surface area (TPSA) is 64.3 Å². The Bertz CT molecular complexity index is 656. The summed E-state index contributed by atoms with van der Waals surface area (Å²) >= 11 is 3.42. The summed E-state index contributed by atoms with van der Waals surface area (Å²) in [6.45, 7) is 1.97. The molecule has 0 atom stereocenters. The molecule has 0 radical (unpaired) electrons. The predicted octanol–water partition coefficient (Wildman–Crippen LogP) is 3.60. The molecule has 104 valence electrons. The van der Waals surface area contributed by atoms with Gasteiger partial charge in [-0.2, -0.15) is 0 Å². The van der Waals surface area contributed by atoms with E-state index in [1.807, 2.05) is 13.0 Å². The van der Waals surface area contributed by atoms with Gasteiger partial charge in [0.15, 0.2) is 0 Å². The van der Waals surface area contributed by atoms with Crippen LogP contribution in [-0.2, 0) is 0 Å². The summed E-state index contributed by atoms with van der Waals surface area (Å²) in [6, 6.07) is 10.6. The van der Waals surface area contributed by atoms with E-state index in [1.165, 1.54) is 7.11 Å². The van der Waals surface area contributed by atoms with E-state index in [0.717, 1.165) is 10.0 Å². The number of hydrogen-bond donors (Lipinski definition) is 2. The number of benzene rings is 2. The quantitative estimate of drug-likeness (QED) is 0.843. The molecule has 0 heterocycles. The number of nitrogen functional groups attached to an aromatic ring is 1. The van der Waals surface area contributed by atoms with E-state index in [9.17, 15) is 4.79 Å². The van der Waals surface area contributed by atoms with Crippen LogP contribution in [0.5, 0.6) is 5.75 Å². The molecule has 0 aliphatic rings. The number of methoxy groups -OCH3 is 1. The number of carbonyl (C=O) groups excluding carboxylic acids is 1. The molecule has 2 aromatic carbocycles. The molecule has 3 N–H and O–H groups in total. The Kier molecular flexibility index (Phi) is 4.29.